The molecule has 25 heavy (non-hydrogen) atoms. The molecule has 0 heterocycles. The Balaban J connectivity index is 2.07. The highest BCUT2D eigenvalue weighted by Gasteiger charge is 2.27. The first kappa shape index (κ1) is 18.2. The van der Waals surface area contributed by atoms with Crippen molar-refractivity contribution in [2.45, 2.75) is 0 Å². The number of anilines is 1. The first-order chi connectivity index (χ1) is 11.7. The molecule has 0 radical (unpaired) electrons. The molecule has 0 bridgehead atoms. The van der Waals surface area contributed by atoms with Gasteiger partial charge in [0.25, 0.3) is 5.91 Å². The third-order valence-corrected chi connectivity index (χ3v) is 2.97. The first-order valence-corrected chi connectivity index (χ1v) is 6.56. The zero-order chi connectivity index (χ0) is 18.7. The average molecular weight is 360 g/mol. The molecule has 2 aromatic carbocycles. The highest BCUT2D eigenvalue weighted by atomic mass is 19.2. The Bertz CT molecular complexity index is 811. The number of carbonyl (C=O) groups is 2. The molecule has 0 aromatic heterocycles. The van der Waals surface area contributed by atoms with Crippen LogP contribution in [-0.2, 0) is 4.79 Å². The van der Waals surface area contributed by atoms with Gasteiger partial charge in [-0.15, -0.1) is 0 Å². The largest absolute Gasteiger partial charge is 0.477 e. The van der Waals surface area contributed by atoms with Gasteiger partial charge in [0.15, 0.2) is 12.4 Å². The summed E-state index contributed by atoms with van der Waals surface area (Å²) in [5.41, 5.74) is 5.40. The lowest BCUT2D eigenvalue weighted by molar-refractivity contribution is -0.118. The molecule has 2 aromatic rings. The number of rotatable bonds is 5. The standard InChI is InChI=1S/C15H9F5N2O3/c16-9-10(17)12(19)14(13(20)11(9)18)25-5-8(23)22-7-3-1-6(2-4-7)15(21)24/h1-4H,5H2,(H2,21,24)(H,22,23). The highest BCUT2D eigenvalue weighted by Crippen LogP contribution is 2.29. The van der Waals surface area contributed by atoms with Gasteiger partial charge in [0, 0.05) is 11.3 Å². The van der Waals surface area contributed by atoms with Gasteiger partial charge in [-0.25, -0.2) is 13.2 Å². The fourth-order valence-electron chi connectivity index (χ4n) is 1.76. The molecule has 10 heteroatoms. The summed E-state index contributed by atoms with van der Waals surface area (Å²) in [5, 5.41) is 2.24. The van der Waals surface area contributed by atoms with Gasteiger partial charge in [0.1, 0.15) is 0 Å². The van der Waals surface area contributed by atoms with Crippen molar-refractivity contribution in [3.63, 3.8) is 0 Å². The molecule has 5 nitrogen and oxygen atoms in total. The number of hydrogen-bond donors (Lipinski definition) is 2. The van der Waals surface area contributed by atoms with Crippen LogP contribution in [0, 0.1) is 29.1 Å². The maximum Gasteiger partial charge on any atom is 0.262 e. The van der Waals surface area contributed by atoms with E-state index in [9.17, 15) is 31.5 Å². The molecule has 0 aliphatic heterocycles. The van der Waals surface area contributed by atoms with Crippen molar-refractivity contribution in [2.24, 2.45) is 5.73 Å². The first-order valence-electron chi connectivity index (χ1n) is 6.56. The van der Waals surface area contributed by atoms with E-state index in [1.807, 2.05) is 0 Å². The van der Waals surface area contributed by atoms with E-state index in [1.54, 1.807) is 0 Å². The van der Waals surface area contributed by atoms with E-state index >= 15 is 0 Å². The molecule has 2 amide bonds. The second kappa shape index (κ2) is 7.16. The lowest BCUT2D eigenvalue weighted by atomic mass is 10.2. The Morgan fingerprint density at radius 2 is 1.36 bits per heavy atom. The highest BCUT2D eigenvalue weighted by molar-refractivity contribution is 5.95. The van der Waals surface area contributed by atoms with Crippen LogP contribution in [0.15, 0.2) is 24.3 Å². The molecule has 0 fully saturated rings. The number of primary amides is 1. The van der Waals surface area contributed by atoms with Gasteiger partial charge in [-0.05, 0) is 24.3 Å². The van der Waals surface area contributed by atoms with E-state index in [0.717, 1.165) is 0 Å². The number of nitrogens with two attached hydrogens (primary N) is 1. The number of halogens is 5. The summed E-state index contributed by atoms with van der Waals surface area (Å²) in [7, 11) is 0. The number of benzene rings is 2. The predicted octanol–water partition coefficient (Wildman–Crippen LogP) is 2.50. The molecular weight excluding hydrogens is 351 g/mol. The SMILES string of the molecule is NC(=O)c1ccc(NC(=O)COc2c(F)c(F)c(F)c(F)c2F)cc1. The molecule has 2 rings (SSSR count). The number of hydrogen-bond acceptors (Lipinski definition) is 3. The van der Waals surface area contributed by atoms with Gasteiger partial charge in [-0.3, -0.25) is 9.59 Å². The van der Waals surface area contributed by atoms with Crippen molar-refractivity contribution in [1.29, 1.82) is 0 Å². The van der Waals surface area contributed by atoms with Crippen LogP contribution in [0.3, 0.4) is 0 Å². The van der Waals surface area contributed by atoms with Crippen LogP contribution in [0.1, 0.15) is 10.4 Å². The third-order valence-electron chi connectivity index (χ3n) is 2.97. The number of amides is 2. The van der Waals surface area contributed by atoms with Crippen molar-refractivity contribution in [2.75, 3.05) is 11.9 Å². The molecule has 0 spiro atoms. The molecule has 132 valence electrons. The summed E-state index contributed by atoms with van der Waals surface area (Å²) in [6.45, 7) is -1.02. The summed E-state index contributed by atoms with van der Waals surface area (Å²) in [6, 6.07) is 5.25. The minimum atomic E-state index is -2.33. The van der Waals surface area contributed by atoms with Gasteiger partial charge in [-0.2, -0.15) is 8.78 Å². The molecule has 0 atom stereocenters. The van der Waals surface area contributed by atoms with Crippen LogP contribution < -0.4 is 15.8 Å². The van der Waals surface area contributed by atoms with Crippen molar-refractivity contribution < 1.29 is 36.3 Å². The quantitative estimate of drug-likeness (QED) is 0.488. The minimum absolute atomic E-state index is 0.177. The van der Waals surface area contributed by atoms with E-state index < -0.39 is 53.3 Å². The zero-order valence-corrected chi connectivity index (χ0v) is 12.2. The molecule has 3 N–H and O–H groups in total. The monoisotopic (exact) mass is 360 g/mol. The van der Waals surface area contributed by atoms with Crippen molar-refractivity contribution in [1.82, 2.24) is 0 Å². The Kier molecular flexibility index (Phi) is 5.20. The van der Waals surface area contributed by atoms with E-state index in [-0.39, 0.29) is 11.3 Å². The second-order valence-corrected chi connectivity index (χ2v) is 4.68. The number of ether oxygens (including phenoxy) is 1. The molecule has 0 unspecified atom stereocenters. The fourth-order valence-corrected chi connectivity index (χ4v) is 1.76. The molecule has 0 aliphatic carbocycles. The van der Waals surface area contributed by atoms with E-state index in [0.29, 0.717) is 0 Å². The van der Waals surface area contributed by atoms with Crippen LogP contribution >= 0.6 is 0 Å². The summed E-state index contributed by atoms with van der Waals surface area (Å²) < 4.78 is 70.0. The Morgan fingerprint density at radius 1 is 0.880 bits per heavy atom. The predicted molar refractivity (Wildman–Crippen MR) is 75.3 cm³/mol. The third kappa shape index (κ3) is 3.84. The maximum absolute atomic E-state index is 13.4. The van der Waals surface area contributed by atoms with E-state index in [4.69, 9.17) is 5.73 Å². The van der Waals surface area contributed by atoms with Gasteiger partial charge in [0.05, 0.1) is 0 Å². The van der Waals surface area contributed by atoms with Crippen molar-refractivity contribution in [3.05, 3.63) is 58.9 Å². The van der Waals surface area contributed by atoms with Crippen LogP contribution in [0.25, 0.3) is 0 Å². The summed E-state index contributed by atoms with van der Waals surface area (Å²) in [5.74, 6) is -14.3. The van der Waals surface area contributed by atoms with Gasteiger partial charge in [-0.1, -0.05) is 0 Å². The second-order valence-electron chi connectivity index (χ2n) is 4.68. The molecule has 0 saturated carbocycles. The Labute approximate surface area is 137 Å². The van der Waals surface area contributed by atoms with E-state index in [2.05, 4.69) is 10.1 Å². The number of nitrogens with one attached hydrogen (secondary N) is 1. The Hall–Kier alpha value is -3.17. The van der Waals surface area contributed by atoms with Gasteiger partial charge >= 0.3 is 0 Å². The van der Waals surface area contributed by atoms with Crippen LogP contribution in [0.4, 0.5) is 27.6 Å². The van der Waals surface area contributed by atoms with Crippen LogP contribution in [-0.4, -0.2) is 18.4 Å². The Morgan fingerprint density at radius 3 is 1.84 bits per heavy atom. The molecule has 0 saturated heterocycles. The van der Waals surface area contributed by atoms with Gasteiger partial charge < -0.3 is 15.8 Å². The van der Waals surface area contributed by atoms with E-state index in [1.165, 1.54) is 24.3 Å². The van der Waals surface area contributed by atoms with Crippen molar-refractivity contribution in [3.8, 4) is 5.75 Å². The van der Waals surface area contributed by atoms with Crippen molar-refractivity contribution >= 4 is 17.5 Å². The summed E-state index contributed by atoms with van der Waals surface area (Å²) >= 11 is 0. The topological polar surface area (TPSA) is 81.4 Å². The van der Waals surface area contributed by atoms with Crippen LogP contribution in [0.2, 0.25) is 0 Å². The zero-order valence-electron chi connectivity index (χ0n) is 12.2. The van der Waals surface area contributed by atoms with Crippen LogP contribution in [0.5, 0.6) is 5.75 Å². The van der Waals surface area contributed by atoms with Gasteiger partial charge in [0.2, 0.25) is 35.0 Å². The summed E-state index contributed by atoms with van der Waals surface area (Å²) in [6.07, 6.45) is 0. The lowest BCUT2D eigenvalue weighted by Gasteiger charge is -2.10. The smallest absolute Gasteiger partial charge is 0.262 e. The molecular formula is C15H9F5N2O3. The average Bonchev–Trinajstić information content (AvgIpc) is 2.58. The maximum atomic E-state index is 13.4. The fraction of sp³-hybridized carbons (Fsp3) is 0.0667. The summed E-state index contributed by atoms with van der Waals surface area (Å²) in [4.78, 5) is 22.5. The minimum Gasteiger partial charge on any atom is -0.477 e. The molecule has 0 aliphatic rings. The normalized spacial score (nSPS) is 10.4. The lowest BCUT2D eigenvalue weighted by Crippen LogP contribution is -2.21. The number of carbonyl (C=O) groups excluding carboxylic acids is 2.